The molecule has 1 saturated heterocycles. The van der Waals surface area contributed by atoms with E-state index in [0.717, 1.165) is 24.8 Å². The number of nitriles is 1. The predicted molar refractivity (Wildman–Crippen MR) is 147 cm³/mol. The normalized spacial score (nSPS) is 23.1. The number of carbonyl (C=O) groups is 2. The number of aromatic nitrogens is 1. The number of hydrogen-bond donors (Lipinski definition) is 1. The van der Waals surface area contributed by atoms with Gasteiger partial charge in [-0.3, -0.25) is 24.4 Å². The van der Waals surface area contributed by atoms with Gasteiger partial charge in [0.25, 0.3) is 5.91 Å². The van der Waals surface area contributed by atoms with E-state index in [1.54, 1.807) is 25.3 Å². The molecular formula is C31H36F3N5O2. The lowest BCUT2D eigenvalue weighted by Crippen LogP contribution is -2.52. The smallest absolute Gasteiger partial charge is 0.251 e. The fraction of sp³-hybridized carbons (Fsp3) is 0.548. The molecule has 3 fully saturated rings. The molecule has 5 rings (SSSR count). The van der Waals surface area contributed by atoms with Gasteiger partial charge in [0, 0.05) is 43.4 Å². The number of hydrogen-bond acceptors (Lipinski definition) is 5. The zero-order valence-corrected chi connectivity index (χ0v) is 23.5. The van der Waals surface area contributed by atoms with Crippen LogP contribution in [-0.4, -0.2) is 46.2 Å². The SMILES string of the molecule is CC[C@@H]1C[C@H](C(=O)N(c2ccc(C3CC3)cc2F)C(C(=O)NC2CCC(F)(F)CC2)c2cnccc2C)N(C#N)C1. The van der Waals surface area contributed by atoms with E-state index in [9.17, 15) is 23.6 Å². The van der Waals surface area contributed by atoms with Gasteiger partial charge in [0.2, 0.25) is 11.8 Å². The van der Waals surface area contributed by atoms with Gasteiger partial charge in [-0.2, -0.15) is 5.26 Å². The van der Waals surface area contributed by atoms with Crippen molar-refractivity contribution < 1.29 is 22.8 Å². The lowest BCUT2D eigenvalue weighted by atomic mass is 9.91. The van der Waals surface area contributed by atoms with Crippen LogP contribution in [0.4, 0.5) is 18.9 Å². The summed E-state index contributed by atoms with van der Waals surface area (Å²) in [5, 5.41) is 12.7. The standard InChI is InChI=1S/C31H36F3N5O2/c1-3-20-14-27(38(17-20)18-35)30(41)39(26-7-6-22(15-25(26)32)21-4-5-21)28(24-16-36-13-10-19(24)2)29(40)37-23-8-11-31(33,34)12-9-23/h6-7,10,13,15-16,20-21,23,27-28H,3-5,8-9,11-12,14,17H2,1-2H3,(H,37,40)/t20-,27-,28?/m1/s1. The molecule has 3 aliphatic rings. The van der Waals surface area contributed by atoms with Crippen molar-refractivity contribution in [1.82, 2.24) is 15.2 Å². The fourth-order valence-electron chi connectivity index (χ4n) is 6.12. The van der Waals surface area contributed by atoms with Crippen LogP contribution >= 0.6 is 0 Å². The molecule has 7 nitrogen and oxygen atoms in total. The van der Waals surface area contributed by atoms with E-state index in [-0.39, 0.29) is 43.2 Å². The number of pyridine rings is 1. The summed E-state index contributed by atoms with van der Waals surface area (Å²) in [4.78, 5) is 35.3. The first-order valence-corrected chi connectivity index (χ1v) is 14.5. The maximum absolute atomic E-state index is 15.9. The van der Waals surface area contributed by atoms with E-state index in [4.69, 9.17) is 0 Å². The van der Waals surface area contributed by atoms with Crippen LogP contribution in [0.1, 0.15) is 86.9 Å². The van der Waals surface area contributed by atoms with Gasteiger partial charge in [-0.25, -0.2) is 13.2 Å². The molecular weight excluding hydrogens is 531 g/mol. The number of rotatable bonds is 8. The minimum absolute atomic E-state index is 0.0594. The summed E-state index contributed by atoms with van der Waals surface area (Å²) in [7, 11) is 0. The minimum Gasteiger partial charge on any atom is -0.351 e. The molecule has 1 aromatic heterocycles. The topological polar surface area (TPSA) is 89.3 Å². The highest BCUT2D eigenvalue weighted by Crippen LogP contribution is 2.42. The number of carbonyl (C=O) groups excluding carboxylic acids is 2. The van der Waals surface area contributed by atoms with Crippen molar-refractivity contribution in [1.29, 1.82) is 5.26 Å². The molecule has 2 aromatic rings. The van der Waals surface area contributed by atoms with Crippen molar-refractivity contribution in [3.05, 3.63) is 59.2 Å². The number of aryl methyl sites for hydroxylation is 1. The zero-order valence-electron chi connectivity index (χ0n) is 23.5. The Balaban J connectivity index is 1.58. The first-order chi connectivity index (χ1) is 19.6. The van der Waals surface area contributed by atoms with E-state index in [2.05, 4.69) is 16.5 Å². The first kappa shape index (κ1) is 28.9. The molecule has 2 amide bonds. The van der Waals surface area contributed by atoms with E-state index >= 15 is 4.39 Å². The van der Waals surface area contributed by atoms with Gasteiger partial charge in [0.15, 0.2) is 6.19 Å². The summed E-state index contributed by atoms with van der Waals surface area (Å²) in [6, 6.07) is 3.76. The van der Waals surface area contributed by atoms with Crippen molar-refractivity contribution in [2.45, 2.75) is 95.2 Å². The van der Waals surface area contributed by atoms with Gasteiger partial charge in [-0.05, 0) is 80.2 Å². The van der Waals surface area contributed by atoms with Gasteiger partial charge < -0.3 is 5.32 Å². The molecule has 1 aromatic carbocycles. The van der Waals surface area contributed by atoms with Gasteiger partial charge >= 0.3 is 0 Å². The summed E-state index contributed by atoms with van der Waals surface area (Å²) >= 11 is 0. The third-order valence-corrected chi connectivity index (χ3v) is 8.84. The Morgan fingerprint density at radius 3 is 2.56 bits per heavy atom. The van der Waals surface area contributed by atoms with Crippen LogP contribution in [0.5, 0.6) is 0 Å². The number of halogens is 3. The minimum atomic E-state index is -2.77. The lowest BCUT2D eigenvalue weighted by molar-refractivity contribution is -0.129. The summed E-state index contributed by atoms with van der Waals surface area (Å²) in [6.45, 7) is 4.17. The molecule has 41 heavy (non-hydrogen) atoms. The first-order valence-electron chi connectivity index (χ1n) is 14.5. The summed E-state index contributed by atoms with van der Waals surface area (Å²) in [5.41, 5.74) is 1.85. The fourth-order valence-corrected chi connectivity index (χ4v) is 6.12. The molecule has 0 bridgehead atoms. The van der Waals surface area contributed by atoms with Gasteiger partial charge in [-0.15, -0.1) is 0 Å². The van der Waals surface area contributed by atoms with E-state index in [1.807, 2.05) is 6.92 Å². The molecule has 2 saturated carbocycles. The number of likely N-dealkylation sites (tertiary alicyclic amines) is 1. The molecule has 0 radical (unpaired) electrons. The van der Waals surface area contributed by atoms with Gasteiger partial charge in [0.1, 0.15) is 17.9 Å². The van der Waals surface area contributed by atoms with Crippen molar-refractivity contribution in [2.24, 2.45) is 5.92 Å². The highest BCUT2D eigenvalue weighted by molar-refractivity contribution is 6.04. The monoisotopic (exact) mass is 567 g/mol. The van der Waals surface area contributed by atoms with Crippen molar-refractivity contribution in [3.63, 3.8) is 0 Å². The highest BCUT2D eigenvalue weighted by atomic mass is 19.3. The van der Waals surface area contributed by atoms with Crippen LogP contribution < -0.4 is 10.2 Å². The maximum Gasteiger partial charge on any atom is 0.251 e. The van der Waals surface area contributed by atoms with E-state index < -0.39 is 41.7 Å². The van der Waals surface area contributed by atoms with Crippen LogP contribution in [0.25, 0.3) is 0 Å². The third-order valence-electron chi connectivity index (χ3n) is 8.84. The number of benzene rings is 1. The Bertz CT molecular complexity index is 1330. The number of amides is 2. The number of nitrogens with zero attached hydrogens (tertiary/aromatic N) is 4. The highest BCUT2D eigenvalue weighted by Gasteiger charge is 2.45. The van der Waals surface area contributed by atoms with Crippen LogP contribution in [0.2, 0.25) is 0 Å². The largest absolute Gasteiger partial charge is 0.351 e. The average molecular weight is 568 g/mol. The van der Waals surface area contributed by atoms with Crippen LogP contribution in [0, 0.1) is 30.1 Å². The Morgan fingerprint density at radius 1 is 1.22 bits per heavy atom. The molecule has 218 valence electrons. The molecule has 3 atom stereocenters. The third kappa shape index (κ3) is 6.19. The molecule has 1 unspecified atom stereocenters. The zero-order chi connectivity index (χ0) is 29.3. The Labute approximate surface area is 238 Å². The van der Waals surface area contributed by atoms with Gasteiger partial charge in [-0.1, -0.05) is 19.4 Å². The van der Waals surface area contributed by atoms with Crippen molar-refractivity contribution in [3.8, 4) is 6.19 Å². The molecule has 1 N–H and O–H groups in total. The lowest BCUT2D eigenvalue weighted by Gasteiger charge is -2.36. The summed E-state index contributed by atoms with van der Waals surface area (Å²) < 4.78 is 43.6. The van der Waals surface area contributed by atoms with E-state index in [0.29, 0.717) is 24.1 Å². The number of nitrogens with one attached hydrogen (secondary N) is 1. The number of alkyl halides is 2. The number of anilines is 1. The second kappa shape index (κ2) is 11.7. The summed E-state index contributed by atoms with van der Waals surface area (Å²) in [6.07, 6.45) is 7.78. The Kier molecular flexibility index (Phi) is 8.25. The average Bonchev–Trinajstić information content (AvgIpc) is 3.72. The Hall–Kier alpha value is -3.61. The van der Waals surface area contributed by atoms with Crippen LogP contribution in [0.15, 0.2) is 36.7 Å². The van der Waals surface area contributed by atoms with Gasteiger partial charge in [0.05, 0.1) is 5.69 Å². The quantitative estimate of drug-likeness (QED) is 0.410. The predicted octanol–water partition coefficient (Wildman–Crippen LogP) is 5.76. The van der Waals surface area contributed by atoms with Crippen LogP contribution in [-0.2, 0) is 9.59 Å². The molecule has 0 spiro atoms. The molecule has 1 aliphatic heterocycles. The van der Waals surface area contributed by atoms with E-state index in [1.165, 1.54) is 28.1 Å². The molecule has 2 aliphatic carbocycles. The molecule has 10 heteroatoms. The van der Waals surface area contributed by atoms with Crippen molar-refractivity contribution >= 4 is 17.5 Å². The second-order valence-electron chi connectivity index (χ2n) is 11.7. The van der Waals surface area contributed by atoms with Crippen LogP contribution in [0.3, 0.4) is 0 Å². The summed E-state index contributed by atoms with van der Waals surface area (Å²) in [5.74, 6) is -4.17. The molecule has 2 heterocycles. The Morgan fingerprint density at radius 2 is 1.95 bits per heavy atom. The maximum atomic E-state index is 15.9. The second-order valence-corrected chi connectivity index (χ2v) is 11.7. The van der Waals surface area contributed by atoms with Crippen molar-refractivity contribution in [2.75, 3.05) is 11.4 Å².